The lowest BCUT2D eigenvalue weighted by Gasteiger charge is -2.27. The molecule has 0 radical (unpaired) electrons. The molecule has 0 saturated carbocycles. The van der Waals surface area contributed by atoms with Crippen LogP contribution in [-0.4, -0.2) is 41.8 Å². The molecule has 8 heteroatoms. The molecule has 1 unspecified atom stereocenters. The third-order valence-corrected chi connectivity index (χ3v) is 8.44. The second-order valence-electron chi connectivity index (χ2n) is 11.3. The fourth-order valence-electron chi connectivity index (χ4n) is 6.52. The van der Waals surface area contributed by atoms with Gasteiger partial charge in [-0.05, 0) is 66.1 Å². The normalized spacial score (nSPS) is 19.7. The molecule has 1 fully saturated rings. The van der Waals surface area contributed by atoms with Crippen molar-refractivity contribution in [1.82, 2.24) is 4.90 Å². The molecule has 7 nitrogen and oxygen atoms in total. The zero-order chi connectivity index (χ0) is 30.0. The Kier molecular flexibility index (Phi) is 8.82. The summed E-state index contributed by atoms with van der Waals surface area (Å²) in [5.41, 5.74) is 6.62. The lowest BCUT2D eigenvalue weighted by Crippen LogP contribution is -2.35. The maximum absolute atomic E-state index is 15.0. The van der Waals surface area contributed by atoms with Crippen LogP contribution in [0.15, 0.2) is 48.5 Å². The zero-order valence-corrected chi connectivity index (χ0v) is 24.7. The van der Waals surface area contributed by atoms with E-state index in [1.807, 2.05) is 29.2 Å². The number of halogens is 1. The highest BCUT2D eigenvalue weighted by atomic mass is 19.1. The van der Waals surface area contributed by atoms with E-state index in [-0.39, 0.29) is 37.3 Å². The number of benzene rings is 3. The molecular weight excluding hydrogens is 535 g/mol. The van der Waals surface area contributed by atoms with E-state index in [4.69, 9.17) is 9.47 Å². The summed E-state index contributed by atoms with van der Waals surface area (Å²) in [7, 11) is 0. The fraction of sp³-hybridized carbons (Fsp3) is 0.412. The van der Waals surface area contributed by atoms with E-state index in [1.54, 1.807) is 6.07 Å². The maximum atomic E-state index is 15.0. The summed E-state index contributed by atoms with van der Waals surface area (Å²) in [5.74, 6) is -2.97. The third kappa shape index (κ3) is 5.86. The molecule has 222 valence electrons. The van der Waals surface area contributed by atoms with E-state index in [2.05, 4.69) is 45.1 Å². The van der Waals surface area contributed by atoms with E-state index in [9.17, 15) is 19.1 Å². The molecule has 3 aromatic carbocycles. The highest BCUT2D eigenvalue weighted by Crippen LogP contribution is 2.48. The van der Waals surface area contributed by atoms with Crippen LogP contribution < -0.4 is 14.8 Å². The van der Waals surface area contributed by atoms with Crippen molar-refractivity contribution in [1.29, 1.82) is 0 Å². The number of carboxylic acid groups (broad SMARTS) is 1. The van der Waals surface area contributed by atoms with Crippen LogP contribution in [-0.2, 0) is 28.9 Å². The summed E-state index contributed by atoms with van der Waals surface area (Å²) in [6.07, 6.45) is 3.48. The molecule has 0 spiro atoms. The number of nitrogens with one attached hydrogen (secondary N) is 1. The van der Waals surface area contributed by atoms with Crippen molar-refractivity contribution >= 4 is 17.6 Å². The number of hydrogen-bond donors (Lipinski definition) is 2. The molecular formula is C34H39FN2O5. The number of aryl methyl sites for hydroxylation is 4. The number of likely N-dealkylation sites (tertiary alicyclic amines) is 1. The highest BCUT2D eigenvalue weighted by molar-refractivity contribution is 5.94. The first-order valence-corrected chi connectivity index (χ1v) is 14.8. The van der Waals surface area contributed by atoms with Gasteiger partial charge in [0.05, 0.1) is 12.5 Å². The van der Waals surface area contributed by atoms with Gasteiger partial charge in [0.1, 0.15) is 0 Å². The van der Waals surface area contributed by atoms with E-state index in [1.165, 1.54) is 11.6 Å². The van der Waals surface area contributed by atoms with Gasteiger partial charge in [-0.1, -0.05) is 69.2 Å². The number of fused-ring (bicyclic) bond motifs is 1. The molecule has 3 atom stereocenters. The molecule has 1 amide bonds. The SMILES string of the molecule is CCCc1ccc([C@H]2C(C(=O)O)[C@@H](c3cc(F)c4c(c3)OCO4)CN2CC(=O)Nc2c(CC)cc(C)cc2CC)cc1. The standard InChI is InChI=1S/C34H39FN2O5/c1-5-8-21-9-11-24(12-10-21)32-30(34(39)40)26(25-15-27(35)33-28(16-25)41-19-42-33)17-37(32)18-29(38)36-31-22(6-2)13-20(4)14-23(31)7-3/h9-16,26,30,32H,5-8,17-19H2,1-4H3,(H,36,38)(H,39,40)/t26-,30?,32+/m1/s1. The Labute approximate surface area is 246 Å². The van der Waals surface area contributed by atoms with E-state index in [0.29, 0.717) is 5.56 Å². The second kappa shape index (κ2) is 12.5. The molecule has 1 saturated heterocycles. The predicted octanol–water partition coefficient (Wildman–Crippen LogP) is 6.42. The minimum Gasteiger partial charge on any atom is -0.481 e. The highest BCUT2D eigenvalue weighted by Gasteiger charge is 2.48. The minimum atomic E-state index is -0.997. The number of carboxylic acids is 1. The van der Waals surface area contributed by atoms with Crippen molar-refractivity contribution < 1.29 is 28.6 Å². The van der Waals surface area contributed by atoms with Crippen molar-refractivity contribution in [2.75, 3.05) is 25.2 Å². The maximum Gasteiger partial charge on any atom is 0.309 e. The third-order valence-electron chi connectivity index (χ3n) is 8.44. The number of rotatable bonds is 10. The molecule has 0 aromatic heterocycles. The number of aliphatic carboxylic acids is 1. The quantitative estimate of drug-likeness (QED) is 0.291. The first-order valence-electron chi connectivity index (χ1n) is 14.8. The summed E-state index contributed by atoms with van der Waals surface area (Å²) < 4.78 is 25.6. The van der Waals surface area contributed by atoms with Gasteiger partial charge in [0.2, 0.25) is 18.4 Å². The van der Waals surface area contributed by atoms with Crippen LogP contribution in [0.3, 0.4) is 0 Å². The smallest absolute Gasteiger partial charge is 0.309 e. The fourth-order valence-corrected chi connectivity index (χ4v) is 6.52. The molecule has 42 heavy (non-hydrogen) atoms. The second-order valence-corrected chi connectivity index (χ2v) is 11.3. The Morgan fingerprint density at radius 3 is 2.31 bits per heavy atom. The van der Waals surface area contributed by atoms with Crippen LogP contribution in [0.4, 0.5) is 10.1 Å². The van der Waals surface area contributed by atoms with Crippen molar-refractivity contribution in [2.45, 2.75) is 65.3 Å². The van der Waals surface area contributed by atoms with Crippen molar-refractivity contribution in [3.8, 4) is 11.5 Å². The Hall–Kier alpha value is -3.91. The monoisotopic (exact) mass is 574 g/mol. The van der Waals surface area contributed by atoms with Crippen LogP contribution in [0, 0.1) is 18.7 Å². The van der Waals surface area contributed by atoms with Crippen LogP contribution in [0.5, 0.6) is 11.5 Å². The minimum absolute atomic E-state index is 0.00508. The molecule has 3 aromatic rings. The van der Waals surface area contributed by atoms with Crippen LogP contribution in [0.1, 0.15) is 72.5 Å². The van der Waals surface area contributed by atoms with Gasteiger partial charge in [0.25, 0.3) is 0 Å². The topological polar surface area (TPSA) is 88.1 Å². The van der Waals surface area contributed by atoms with Gasteiger partial charge in [0, 0.05) is 24.2 Å². The van der Waals surface area contributed by atoms with Gasteiger partial charge >= 0.3 is 5.97 Å². The average molecular weight is 575 g/mol. The summed E-state index contributed by atoms with van der Waals surface area (Å²) in [4.78, 5) is 28.5. The summed E-state index contributed by atoms with van der Waals surface area (Å²) in [6, 6.07) is 14.6. The molecule has 0 aliphatic carbocycles. The Bertz CT molecular complexity index is 1450. The average Bonchev–Trinajstić information content (AvgIpc) is 3.59. The van der Waals surface area contributed by atoms with Crippen molar-refractivity contribution in [3.05, 3.63) is 87.7 Å². The van der Waals surface area contributed by atoms with Gasteiger partial charge in [-0.15, -0.1) is 0 Å². The summed E-state index contributed by atoms with van der Waals surface area (Å²) >= 11 is 0. The van der Waals surface area contributed by atoms with Gasteiger partial charge < -0.3 is 19.9 Å². The van der Waals surface area contributed by atoms with Crippen molar-refractivity contribution in [2.24, 2.45) is 5.92 Å². The lowest BCUT2D eigenvalue weighted by atomic mass is 9.82. The predicted molar refractivity (Wildman–Crippen MR) is 160 cm³/mol. The van der Waals surface area contributed by atoms with Crippen LogP contribution in [0.2, 0.25) is 0 Å². The molecule has 2 aliphatic rings. The zero-order valence-electron chi connectivity index (χ0n) is 24.7. The Morgan fingerprint density at radius 1 is 1.00 bits per heavy atom. The number of amides is 1. The lowest BCUT2D eigenvalue weighted by molar-refractivity contribution is -0.143. The van der Waals surface area contributed by atoms with Gasteiger partial charge in [-0.2, -0.15) is 0 Å². The number of hydrogen-bond acceptors (Lipinski definition) is 5. The van der Waals surface area contributed by atoms with Gasteiger partial charge in [-0.3, -0.25) is 14.5 Å². The first-order chi connectivity index (χ1) is 20.2. The van der Waals surface area contributed by atoms with Crippen LogP contribution >= 0.6 is 0 Å². The van der Waals surface area contributed by atoms with Gasteiger partial charge in [0.15, 0.2) is 11.6 Å². The largest absolute Gasteiger partial charge is 0.481 e. The number of ether oxygens (including phenoxy) is 2. The number of carbonyl (C=O) groups excluding carboxylic acids is 1. The molecule has 2 N–H and O–H groups in total. The number of anilines is 1. The van der Waals surface area contributed by atoms with E-state index in [0.717, 1.165) is 53.6 Å². The number of carbonyl (C=O) groups is 2. The molecule has 5 rings (SSSR count). The summed E-state index contributed by atoms with van der Waals surface area (Å²) in [5, 5.41) is 13.7. The number of nitrogens with zero attached hydrogens (tertiary/aromatic N) is 1. The first kappa shape index (κ1) is 29.6. The van der Waals surface area contributed by atoms with Gasteiger partial charge in [-0.25, -0.2) is 4.39 Å². The van der Waals surface area contributed by atoms with Crippen LogP contribution in [0.25, 0.3) is 0 Å². The summed E-state index contributed by atoms with van der Waals surface area (Å²) in [6.45, 7) is 8.47. The van der Waals surface area contributed by atoms with Crippen molar-refractivity contribution in [3.63, 3.8) is 0 Å². The molecule has 2 aliphatic heterocycles. The van der Waals surface area contributed by atoms with E-state index < -0.39 is 29.7 Å². The molecule has 0 bridgehead atoms. The van der Waals surface area contributed by atoms with E-state index >= 15 is 0 Å². The Morgan fingerprint density at radius 2 is 1.69 bits per heavy atom. The Balaban J connectivity index is 1.50. The molecule has 2 heterocycles.